The van der Waals surface area contributed by atoms with Crippen LogP contribution in [0, 0.1) is 0 Å². The van der Waals surface area contributed by atoms with Gasteiger partial charge in [0.25, 0.3) is 5.91 Å². The molecule has 7 heteroatoms. The molecule has 1 N–H and O–H groups in total. The molecule has 6 nitrogen and oxygen atoms in total. The first kappa shape index (κ1) is 20.0. The fourth-order valence-corrected chi connectivity index (χ4v) is 4.04. The standard InChI is InChI=1S/C22H25ClN2O4/c1-27-18-5-2-15(3-6-18)19(25-8-10-28-11-9-25)14-24-22(26)21-13-16-12-17(23)4-7-20(16)29-21/h2-7,12,19,21H,8-11,13-14H2,1H3,(H,24,26)/t19-,21-/m1/s1. The van der Waals surface area contributed by atoms with Gasteiger partial charge in [-0.3, -0.25) is 9.69 Å². The average Bonchev–Trinajstić information content (AvgIpc) is 3.18. The Bertz CT molecular complexity index is 852. The Labute approximate surface area is 175 Å². The molecule has 0 aliphatic carbocycles. The van der Waals surface area contributed by atoms with Crippen LogP contribution in [0.15, 0.2) is 42.5 Å². The Balaban J connectivity index is 1.42. The van der Waals surface area contributed by atoms with Gasteiger partial charge in [-0.15, -0.1) is 0 Å². The number of carbonyl (C=O) groups excluding carboxylic acids is 1. The predicted molar refractivity (Wildman–Crippen MR) is 111 cm³/mol. The lowest BCUT2D eigenvalue weighted by Gasteiger charge is -2.35. The van der Waals surface area contributed by atoms with Crippen molar-refractivity contribution >= 4 is 17.5 Å². The number of rotatable bonds is 6. The van der Waals surface area contributed by atoms with E-state index >= 15 is 0 Å². The summed E-state index contributed by atoms with van der Waals surface area (Å²) < 4.78 is 16.6. The van der Waals surface area contributed by atoms with Gasteiger partial charge in [0.15, 0.2) is 6.10 Å². The van der Waals surface area contributed by atoms with Crippen LogP contribution in [-0.2, 0) is 16.0 Å². The summed E-state index contributed by atoms with van der Waals surface area (Å²) in [6, 6.07) is 13.5. The van der Waals surface area contributed by atoms with E-state index in [0.717, 1.165) is 35.7 Å². The van der Waals surface area contributed by atoms with Gasteiger partial charge in [-0.1, -0.05) is 23.7 Å². The van der Waals surface area contributed by atoms with E-state index in [1.165, 1.54) is 0 Å². The lowest BCUT2D eigenvalue weighted by Crippen LogP contribution is -2.46. The molecule has 2 atom stereocenters. The zero-order chi connectivity index (χ0) is 20.2. The number of hydrogen-bond acceptors (Lipinski definition) is 5. The van der Waals surface area contributed by atoms with Crippen LogP contribution in [0.25, 0.3) is 0 Å². The number of morpholine rings is 1. The third-order valence-electron chi connectivity index (χ3n) is 5.45. The van der Waals surface area contributed by atoms with Crippen molar-refractivity contribution in [3.05, 3.63) is 58.6 Å². The number of ether oxygens (including phenoxy) is 3. The van der Waals surface area contributed by atoms with E-state index in [0.29, 0.717) is 31.2 Å². The lowest BCUT2D eigenvalue weighted by atomic mass is 10.0. The molecule has 2 aliphatic heterocycles. The summed E-state index contributed by atoms with van der Waals surface area (Å²) in [5.74, 6) is 1.44. The van der Waals surface area contributed by atoms with Gasteiger partial charge in [-0.05, 0) is 41.5 Å². The molecule has 4 rings (SSSR count). The average molecular weight is 417 g/mol. The van der Waals surface area contributed by atoms with Gasteiger partial charge in [0.2, 0.25) is 0 Å². The van der Waals surface area contributed by atoms with Crippen LogP contribution in [0.3, 0.4) is 0 Å². The van der Waals surface area contributed by atoms with Crippen molar-refractivity contribution in [3.8, 4) is 11.5 Å². The molecule has 2 aromatic rings. The third kappa shape index (κ3) is 4.66. The quantitative estimate of drug-likeness (QED) is 0.784. The van der Waals surface area contributed by atoms with Crippen molar-refractivity contribution < 1.29 is 19.0 Å². The number of hydrogen-bond donors (Lipinski definition) is 1. The molecule has 1 fully saturated rings. The number of fused-ring (bicyclic) bond motifs is 1. The molecule has 0 bridgehead atoms. The molecule has 1 saturated heterocycles. The summed E-state index contributed by atoms with van der Waals surface area (Å²) in [7, 11) is 1.65. The summed E-state index contributed by atoms with van der Waals surface area (Å²) in [6.07, 6.45) is 0.0108. The first-order valence-corrected chi connectivity index (χ1v) is 10.2. The van der Waals surface area contributed by atoms with E-state index in [9.17, 15) is 4.79 Å². The summed E-state index contributed by atoms with van der Waals surface area (Å²) in [6.45, 7) is 3.56. The fourth-order valence-electron chi connectivity index (χ4n) is 3.85. The number of carbonyl (C=O) groups is 1. The Morgan fingerprint density at radius 2 is 2.00 bits per heavy atom. The first-order valence-electron chi connectivity index (χ1n) is 9.82. The predicted octanol–water partition coefficient (Wildman–Crippen LogP) is 2.84. The fraction of sp³-hybridized carbons (Fsp3) is 0.409. The van der Waals surface area contributed by atoms with E-state index < -0.39 is 6.10 Å². The van der Waals surface area contributed by atoms with Crippen molar-refractivity contribution in [2.24, 2.45) is 0 Å². The molecule has 29 heavy (non-hydrogen) atoms. The second-order valence-corrected chi connectivity index (χ2v) is 7.68. The minimum Gasteiger partial charge on any atom is -0.497 e. The molecule has 154 valence electrons. The molecule has 0 radical (unpaired) electrons. The van der Waals surface area contributed by atoms with Crippen molar-refractivity contribution in [2.75, 3.05) is 40.0 Å². The van der Waals surface area contributed by atoms with Crippen LogP contribution in [-0.4, -0.2) is 56.9 Å². The number of nitrogens with zero attached hydrogens (tertiary/aromatic N) is 1. The summed E-state index contributed by atoms with van der Waals surface area (Å²) in [5.41, 5.74) is 2.10. The molecule has 2 aromatic carbocycles. The molecule has 2 aliphatic rings. The van der Waals surface area contributed by atoms with Crippen LogP contribution in [0.1, 0.15) is 17.2 Å². The topological polar surface area (TPSA) is 60.0 Å². The smallest absolute Gasteiger partial charge is 0.261 e. The summed E-state index contributed by atoms with van der Waals surface area (Å²) in [4.78, 5) is 15.1. The number of methoxy groups -OCH3 is 1. The second kappa shape index (κ2) is 9.03. The number of nitrogens with one attached hydrogen (secondary N) is 1. The molecule has 0 saturated carbocycles. The molecule has 0 spiro atoms. The minimum atomic E-state index is -0.523. The van der Waals surface area contributed by atoms with Crippen LogP contribution < -0.4 is 14.8 Å². The Morgan fingerprint density at radius 1 is 1.24 bits per heavy atom. The summed E-state index contributed by atoms with van der Waals surface area (Å²) >= 11 is 6.05. The maximum atomic E-state index is 12.8. The van der Waals surface area contributed by atoms with Gasteiger partial charge in [-0.2, -0.15) is 0 Å². The highest BCUT2D eigenvalue weighted by atomic mass is 35.5. The maximum absolute atomic E-state index is 12.8. The number of benzene rings is 2. The molecule has 0 unspecified atom stereocenters. The molecular weight excluding hydrogens is 392 g/mol. The van der Waals surface area contributed by atoms with Gasteiger partial charge < -0.3 is 19.5 Å². The van der Waals surface area contributed by atoms with E-state index in [1.54, 1.807) is 13.2 Å². The number of amides is 1. The van der Waals surface area contributed by atoms with Crippen molar-refractivity contribution in [1.29, 1.82) is 0 Å². The van der Waals surface area contributed by atoms with E-state index in [4.69, 9.17) is 25.8 Å². The highest BCUT2D eigenvalue weighted by Gasteiger charge is 2.30. The highest BCUT2D eigenvalue weighted by Crippen LogP contribution is 2.31. The van der Waals surface area contributed by atoms with Gasteiger partial charge in [-0.25, -0.2) is 0 Å². The van der Waals surface area contributed by atoms with Gasteiger partial charge in [0, 0.05) is 31.1 Å². The molecule has 2 heterocycles. The van der Waals surface area contributed by atoms with Gasteiger partial charge >= 0.3 is 0 Å². The monoisotopic (exact) mass is 416 g/mol. The molecular formula is C22H25ClN2O4. The zero-order valence-electron chi connectivity index (χ0n) is 16.4. The van der Waals surface area contributed by atoms with Crippen molar-refractivity contribution in [1.82, 2.24) is 10.2 Å². The van der Waals surface area contributed by atoms with E-state index in [-0.39, 0.29) is 11.9 Å². The van der Waals surface area contributed by atoms with Crippen LogP contribution >= 0.6 is 11.6 Å². The van der Waals surface area contributed by atoms with Crippen LogP contribution in [0.5, 0.6) is 11.5 Å². The number of halogens is 1. The second-order valence-electron chi connectivity index (χ2n) is 7.25. The third-order valence-corrected chi connectivity index (χ3v) is 5.68. The zero-order valence-corrected chi connectivity index (χ0v) is 17.2. The summed E-state index contributed by atoms with van der Waals surface area (Å²) in [5, 5.41) is 3.74. The molecule has 0 aromatic heterocycles. The van der Waals surface area contributed by atoms with Crippen LogP contribution in [0.2, 0.25) is 5.02 Å². The SMILES string of the molecule is COc1ccc([C@@H](CNC(=O)[C@H]2Cc3cc(Cl)ccc3O2)N2CCOCC2)cc1. The van der Waals surface area contributed by atoms with E-state index in [1.807, 2.05) is 24.3 Å². The lowest BCUT2D eigenvalue weighted by molar-refractivity contribution is -0.127. The largest absolute Gasteiger partial charge is 0.497 e. The maximum Gasteiger partial charge on any atom is 0.261 e. The van der Waals surface area contributed by atoms with Gasteiger partial charge in [0.1, 0.15) is 11.5 Å². The molecule has 1 amide bonds. The highest BCUT2D eigenvalue weighted by molar-refractivity contribution is 6.30. The Hall–Kier alpha value is -2.28. The Morgan fingerprint density at radius 3 is 2.72 bits per heavy atom. The van der Waals surface area contributed by atoms with Gasteiger partial charge in [0.05, 0.1) is 26.4 Å². The van der Waals surface area contributed by atoms with Crippen molar-refractivity contribution in [2.45, 2.75) is 18.6 Å². The van der Waals surface area contributed by atoms with Crippen molar-refractivity contribution in [3.63, 3.8) is 0 Å². The Kier molecular flexibility index (Phi) is 6.23. The first-order chi connectivity index (χ1) is 14.1. The normalized spacial score (nSPS) is 19.9. The van der Waals surface area contributed by atoms with Crippen LogP contribution in [0.4, 0.5) is 0 Å². The minimum absolute atomic E-state index is 0.0620. The van der Waals surface area contributed by atoms with E-state index in [2.05, 4.69) is 22.3 Å².